The van der Waals surface area contributed by atoms with Crippen LogP contribution in [0.5, 0.6) is 0 Å². The van der Waals surface area contributed by atoms with Crippen LogP contribution in [0.25, 0.3) is 0 Å². The zero-order chi connectivity index (χ0) is 15.8. The van der Waals surface area contributed by atoms with Crippen LogP contribution in [0.1, 0.15) is 12.8 Å². The molecule has 0 saturated carbocycles. The standard InChI is InChI=1S/C16H25BrN4S.HI/c1-18-16(19-9-5-11-22-2)20-13-8-10-21(12-13)15-7-4-3-6-14(15)17;/h3-4,6-7,13H,5,8-12H2,1-2H3,(H2,18,19,20);1H. The van der Waals surface area contributed by atoms with Crippen LogP contribution in [-0.2, 0) is 0 Å². The van der Waals surface area contributed by atoms with Gasteiger partial charge in [0.05, 0.1) is 5.69 Å². The van der Waals surface area contributed by atoms with Gasteiger partial charge in [0.1, 0.15) is 0 Å². The van der Waals surface area contributed by atoms with Crippen LogP contribution < -0.4 is 15.5 Å². The molecule has 1 aromatic carbocycles. The Bertz CT molecular complexity index is 501. The highest BCUT2D eigenvalue weighted by Crippen LogP contribution is 2.28. The Morgan fingerprint density at radius 3 is 2.91 bits per heavy atom. The molecule has 0 aliphatic carbocycles. The number of rotatable bonds is 6. The lowest BCUT2D eigenvalue weighted by molar-refractivity contribution is 0.647. The van der Waals surface area contributed by atoms with Crippen molar-refractivity contribution < 1.29 is 0 Å². The van der Waals surface area contributed by atoms with E-state index < -0.39 is 0 Å². The molecule has 1 heterocycles. The Balaban J connectivity index is 0.00000264. The third-order valence-electron chi connectivity index (χ3n) is 3.76. The van der Waals surface area contributed by atoms with Gasteiger partial charge in [0.2, 0.25) is 0 Å². The summed E-state index contributed by atoms with van der Waals surface area (Å²) in [6.07, 6.45) is 4.43. The summed E-state index contributed by atoms with van der Waals surface area (Å²) in [7, 11) is 1.84. The number of nitrogens with one attached hydrogen (secondary N) is 2. The Labute approximate surface area is 169 Å². The van der Waals surface area contributed by atoms with E-state index in [0.29, 0.717) is 6.04 Å². The molecular formula is C16H26BrIN4S. The zero-order valence-electron chi connectivity index (χ0n) is 13.7. The Morgan fingerprint density at radius 2 is 2.22 bits per heavy atom. The fraction of sp³-hybridized carbons (Fsp3) is 0.562. The first-order valence-electron chi connectivity index (χ1n) is 7.70. The minimum atomic E-state index is 0. The molecule has 1 aromatic rings. The van der Waals surface area contributed by atoms with E-state index in [1.54, 1.807) is 0 Å². The van der Waals surface area contributed by atoms with E-state index in [-0.39, 0.29) is 24.0 Å². The monoisotopic (exact) mass is 512 g/mol. The molecule has 0 aromatic heterocycles. The molecule has 2 rings (SSSR count). The molecule has 23 heavy (non-hydrogen) atoms. The van der Waals surface area contributed by atoms with E-state index in [1.807, 2.05) is 18.8 Å². The summed E-state index contributed by atoms with van der Waals surface area (Å²) in [6.45, 7) is 3.05. The molecule has 0 bridgehead atoms. The Hall–Kier alpha value is -0.150. The molecule has 4 nitrogen and oxygen atoms in total. The number of halogens is 2. The van der Waals surface area contributed by atoms with E-state index in [9.17, 15) is 0 Å². The topological polar surface area (TPSA) is 39.7 Å². The van der Waals surface area contributed by atoms with Crippen LogP contribution in [-0.4, -0.2) is 50.7 Å². The number of hydrogen-bond donors (Lipinski definition) is 2. The summed E-state index contributed by atoms with van der Waals surface area (Å²) in [5, 5.41) is 6.93. The van der Waals surface area contributed by atoms with Crippen molar-refractivity contribution in [2.24, 2.45) is 4.99 Å². The first kappa shape index (κ1) is 20.9. The average molecular weight is 513 g/mol. The quantitative estimate of drug-likeness (QED) is 0.264. The third-order valence-corrected chi connectivity index (χ3v) is 5.13. The average Bonchev–Trinajstić information content (AvgIpc) is 2.99. The number of para-hydroxylation sites is 1. The molecule has 1 aliphatic heterocycles. The second-order valence-electron chi connectivity index (χ2n) is 5.37. The predicted molar refractivity (Wildman–Crippen MR) is 118 cm³/mol. The molecule has 1 saturated heterocycles. The van der Waals surface area contributed by atoms with Gasteiger partial charge >= 0.3 is 0 Å². The molecule has 1 atom stereocenters. The first-order valence-corrected chi connectivity index (χ1v) is 9.89. The number of hydrogen-bond acceptors (Lipinski definition) is 3. The lowest BCUT2D eigenvalue weighted by Gasteiger charge is -2.21. The van der Waals surface area contributed by atoms with Gasteiger partial charge < -0.3 is 15.5 Å². The molecule has 2 N–H and O–H groups in total. The van der Waals surface area contributed by atoms with Gasteiger partial charge in [0.25, 0.3) is 0 Å². The van der Waals surface area contributed by atoms with E-state index in [1.165, 1.54) is 11.4 Å². The lowest BCUT2D eigenvalue weighted by atomic mass is 10.3. The number of benzene rings is 1. The van der Waals surface area contributed by atoms with Crippen molar-refractivity contribution in [1.82, 2.24) is 10.6 Å². The van der Waals surface area contributed by atoms with Gasteiger partial charge in [-0.3, -0.25) is 4.99 Å². The van der Waals surface area contributed by atoms with Crippen molar-refractivity contribution >= 4 is 63.3 Å². The van der Waals surface area contributed by atoms with Crippen molar-refractivity contribution in [1.29, 1.82) is 0 Å². The van der Waals surface area contributed by atoms with Crippen LogP contribution in [0.4, 0.5) is 5.69 Å². The molecule has 0 amide bonds. The van der Waals surface area contributed by atoms with Gasteiger partial charge in [-0.25, -0.2) is 0 Å². The van der Waals surface area contributed by atoms with E-state index >= 15 is 0 Å². The van der Waals surface area contributed by atoms with E-state index in [2.05, 4.69) is 67.0 Å². The second-order valence-corrected chi connectivity index (χ2v) is 7.21. The molecule has 1 fully saturated rings. The number of anilines is 1. The molecule has 7 heteroatoms. The van der Waals surface area contributed by atoms with Gasteiger partial charge in [-0.2, -0.15) is 11.8 Å². The fourth-order valence-corrected chi connectivity index (χ4v) is 3.58. The number of aliphatic imine (C=N–C) groups is 1. The maximum Gasteiger partial charge on any atom is 0.191 e. The summed E-state index contributed by atoms with van der Waals surface area (Å²) in [5.41, 5.74) is 1.27. The second kappa shape index (κ2) is 11.4. The number of thioether (sulfide) groups is 1. The van der Waals surface area contributed by atoms with E-state index in [0.717, 1.165) is 42.9 Å². The molecule has 1 unspecified atom stereocenters. The maximum atomic E-state index is 4.32. The van der Waals surface area contributed by atoms with Crippen LogP contribution >= 0.6 is 51.7 Å². The Kier molecular flexibility index (Phi) is 10.4. The Morgan fingerprint density at radius 1 is 1.43 bits per heavy atom. The third kappa shape index (κ3) is 6.70. The number of guanidine groups is 1. The minimum absolute atomic E-state index is 0. The van der Waals surface area contributed by atoms with Gasteiger partial charge in [-0.15, -0.1) is 24.0 Å². The van der Waals surface area contributed by atoms with Crippen molar-refractivity contribution in [3.63, 3.8) is 0 Å². The summed E-state index contributed by atoms with van der Waals surface area (Å²) >= 11 is 5.52. The molecule has 0 radical (unpaired) electrons. The smallest absolute Gasteiger partial charge is 0.191 e. The normalized spacial score (nSPS) is 17.8. The van der Waals surface area contributed by atoms with Crippen molar-refractivity contribution in [2.45, 2.75) is 18.9 Å². The molecular weight excluding hydrogens is 487 g/mol. The fourth-order valence-electron chi connectivity index (χ4n) is 2.62. The molecule has 1 aliphatic rings. The van der Waals surface area contributed by atoms with Crippen LogP contribution in [0, 0.1) is 0 Å². The summed E-state index contributed by atoms with van der Waals surface area (Å²) in [6, 6.07) is 8.86. The van der Waals surface area contributed by atoms with Gasteiger partial charge in [0, 0.05) is 37.2 Å². The van der Waals surface area contributed by atoms with E-state index in [4.69, 9.17) is 0 Å². The van der Waals surface area contributed by atoms with Crippen molar-refractivity contribution in [3.05, 3.63) is 28.7 Å². The van der Waals surface area contributed by atoms with Gasteiger partial charge in [-0.05, 0) is 52.9 Å². The van der Waals surface area contributed by atoms with Crippen molar-refractivity contribution in [3.8, 4) is 0 Å². The largest absolute Gasteiger partial charge is 0.368 e. The maximum absolute atomic E-state index is 4.32. The first-order chi connectivity index (χ1) is 10.7. The van der Waals surface area contributed by atoms with Crippen molar-refractivity contribution in [2.75, 3.05) is 43.6 Å². The zero-order valence-corrected chi connectivity index (χ0v) is 18.5. The SMILES string of the molecule is CN=C(NCCCSC)NC1CCN(c2ccccc2Br)C1.I. The molecule has 0 spiro atoms. The highest BCUT2D eigenvalue weighted by Gasteiger charge is 2.24. The number of nitrogens with zero attached hydrogens (tertiary/aromatic N) is 2. The summed E-state index contributed by atoms with van der Waals surface area (Å²) in [5.74, 6) is 2.10. The highest BCUT2D eigenvalue weighted by atomic mass is 127. The summed E-state index contributed by atoms with van der Waals surface area (Å²) in [4.78, 5) is 6.74. The van der Waals surface area contributed by atoms with Crippen LogP contribution in [0.15, 0.2) is 33.7 Å². The highest BCUT2D eigenvalue weighted by molar-refractivity contribution is 14.0. The van der Waals surface area contributed by atoms with Crippen LogP contribution in [0.2, 0.25) is 0 Å². The predicted octanol–water partition coefficient (Wildman–Crippen LogP) is 3.56. The van der Waals surface area contributed by atoms with Gasteiger partial charge in [0.15, 0.2) is 5.96 Å². The minimum Gasteiger partial charge on any atom is -0.368 e. The lowest BCUT2D eigenvalue weighted by Crippen LogP contribution is -2.45. The molecule has 130 valence electrons. The van der Waals surface area contributed by atoms with Crippen LogP contribution in [0.3, 0.4) is 0 Å². The summed E-state index contributed by atoms with van der Waals surface area (Å²) < 4.78 is 1.16. The van der Waals surface area contributed by atoms with Gasteiger partial charge in [-0.1, -0.05) is 12.1 Å².